The predicted octanol–water partition coefficient (Wildman–Crippen LogP) is 2.40. The van der Waals surface area contributed by atoms with E-state index in [-0.39, 0.29) is 18.9 Å². The highest BCUT2D eigenvalue weighted by Gasteiger charge is 2.22. The van der Waals surface area contributed by atoms with Gasteiger partial charge in [0.1, 0.15) is 4.88 Å². The molecular weight excluding hydrogens is 300 g/mol. The first kappa shape index (κ1) is 16.5. The Bertz CT molecular complexity index is 603. The van der Waals surface area contributed by atoms with Crippen molar-refractivity contribution in [2.45, 2.75) is 32.6 Å². The number of hydrogen-bond donors (Lipinski definition) is 0. The van der Waals surface area contributed by atoms with Crippen LogP contribution in [-0.4, -0.2) is 37.0 Å². The summed E-state index contributed by atoms with van der Waals surface area (Å²) < 4.78 is 5.09. The van der Waals surface area contributed by atoms with Gasteiger partial charge >= 0.3 is 5.97 Å². The summed E-state index contributed by atoms with van der Waals surface area (Å²) in [5.74, 6) is -0.0750. The molecule has 0 spiro atoms. The van der Waals surface area contributed by atoms with Crippen molar-refractivity contribution in [3.05, 3.63) is 21.4 Å². The number of fused-ring (bicyclic) bond motifs is 1. The number of carbonyl (C=O) groups is 2. The van der Waals surface area contributed by atoms with Crippen LogP contribution < -0.4 is 0 Å². The maximum absolute atomic E-state index is 12.1. The Hall–Kier alpha value is -1.87. The molecule has 1 amide bonds. The Labute approximate surface area is 134 Å². The second-order valence-corrected chi connectivity index (χ2v) is 6.84. The van der Waals surface area contributed by atoms with E-state index in [9.17, 15) is 9.59 Å². The summed E-state index contributed by atoms with van der Waals surface area (Å²) in [5, 5.41) is 8.49. The van der Waals surface area contributed by atoms with Crippen LogP contribution in [0.4, 0.5) is 0 Å². The monoisotopic (exact) mass is 320 g/mol. The van der Waals surface area contributed by atoms with E-state index in [1.54, 1.807) is 7.05 Å². The minimum absolute atomic E-state index is 0.270. The molecule has 2 rings (SSSR count). The standard InChI is InChI=1S/C16H20N2O3S/c1-11-4-5-13-12(8-11)9-14(22-13)16(20)21-10-15(19)18(2)7-3-6-17/h9,11H,3-5,7-8,10H2,1-2H3/t11-/m1/s1. The van der Waals surface area contributed by atoms with Crippen molar-refractivity contribution < 1.29 is 14.3 Å². The molecule has 0 bridgehead atoms. The Morgan fingerprint density at radius 3 is 3.05 bits per heavy atom. The summed E-state index contributed by atoms with van der Waals surface area (Å²) in [6, 6.07) is 3.88. The van der Waals surface area contributed by atoms with Crippen LogP contribution in [0.3, 0.4) is 0 Å². The summed E-state index contributed by atoms with van der Waals surface area (Å²) in [7, 11) is 1.60. The van der Waals surface area contributed by atoms with Crippen LogP contribution in [0.15, 0.2) is 6.07 Å². The van der Waals surface area contributed by atoms with Crippen LogP contribution in [-0.2, 0) is 22.4 Å². The van der Waals surface area contributed by atoms with E-state index in [1.165, 1.54) is 26.7 Å². The maximum Gasteiger partial charge on any atom is 0.348 e. The fourth-order valence-corrected chi connectivity index (χ4v) is 3.56. The average molecular weight is 320 g/mol. The largest absolute Gasteiger partial charge is 0.451 e. The van der Waals surface area contributed by atoms with Gasteiger partial charge in [-0.25, -0.2) is 4.79 Å². The van der Waals surface area contributed by atoms with Gasteiger partial charge in [-0.15, -0.1) is 11.3 Å². The van der Waals surface area contributed by atoms with Gasteiger partial charge in [-0.2, -0.15) is 5.26 Å². The molecule has 0 radical (unpaired) electrons. The highest BCUT2D eigenvalue weighted by atomic mass is 32.1. The Morgan fingerprint density at radius 2 is 2.32 bits per heavy atom. The summed E-state index contributed by atoms with van der Waals surface area (Å²) >= 11 is 1.48. The van der Waals surface area contributed by atoms with Crippen LogP contribution >= 0.6 is 11.3 Å². The number of nitriles is 1. The lowest BCUT2D eigenvalue weighted by Gasteiger charge is -2.16. The van der Waals surface area contributed by atoms with Gasteiger partial charge < -0.3 is 9.64 Å². The molecule has 0 aromatic carbocycles. The fourth-order valence-electron chi connectivity index (χ4n) is 2.46. The van der Waals surface area contributed by atoms with Crippen LogP contribution in [0, 0.1) is 17.2 Å². The summed E-state index contributed by atoms with van der Waals surface area (Å²) in [6.45, 7) is 2.28. The Kier molecular flexibility index (Phi) is 5.56. The number of thiophene rings is 1. The summed E-state index contributed by atoms with van der Waals surface area (Å²) in [4.78, 5) is 27.1. The molecule has 0 saturated carbocycles. The molecule has 5 nitrogen and oxygen atoms in total. The number of amides is 1. The molecular formula is C16H20N2O3S. The van der Waals surface area contributed by atoms with Crippen molar-refractivity contribution >= 4 is 23.2 Å². The molecule has 0 N–H and O–H groups in total. The number of rotatable bonds is 5. The number of likely N-dealkylation sites (N-methyl/N-ethyl adjacent to an activating group) is 1. The van der Waals surface area contributed by atoms with E-state index in [0.29, 0.717) is 17.3 Å². The van der Waals surface area contributed by atoms with Gasteiger partial charge in [-0.05, 0) is 36.8 Å². The fraction of sp³-hybridized carbons (Fsp3) is 0.562. The molecule has 0 aliphatic heterocycles. The topological polar surface area (TPSA) is 70.4 Å². The molecule has 0 unspecified atom stereocenters. The first-order valence-electron chi connectivity index (χ1n) is 7.41. The van der Waals surface area contributed by atoms with Crippen molar-refractivity contribution in [3.63, 3.8) is 0 Å². The van der Waals surface area contributed by atoms with Gasteiger partial charge in [0.15, 0.2) is 6.61 Å². The van der Waals surface area contributed by atoms with Crippen LogP contribution in [0.5, 0.6) is 0 Å². The first-order chi connectivity index (χ1) is 10.5. The van der Waals surface area contributed by atoms with Gasteiger partial charge in [0, 0.05) is 18.5 Å². The van der Waals surface area contributed by atoms with E-state index in [1.807, 2.05) is 12.1 Å². The van der Waals surface area contributed by atoms with E-state index >= 15 is 0 Å². The second-order valence-electron chi connectivity index (χ2n) is 5.71. The van der Waals surface area contributed by atoms with Gasteiger partial charge in [0.25, 0.3) is 5.91 Å². The molecule has 1 aliphatic rings. The average Bonchev–Trinajstić information content (AvgIpc) is 2.92. The number of ether oxygens (including phenoxy) is 1. The molecule has 1 aromatic heterocycles. The normalized spacial score (nSPS) is 16.5. The van der Waals surface area contributed by atoms with Gasteiger partial charge in [0.05, 0.1) is 12.5 Å². The van der Waals surface area contributed by atoms with Crippen molar-refractivity contribution in [1.29, 1.82) is 5.26 Å². The van der Waals surface area contributed by atoms with E-state index < -0.39 is 5.97 Å². The van der Waals surface area contributed by atoms with E-state index in [0.717, 1.165) is 19.3 Å². The van der Waals surface area contributed by atoms with Gasteiger partial charge in [0.2, 0.25) is 0 Å². The van der Waals surface area contributed by atoms with E-state index in [2.05, 4.69) is 6.92 Å². The maximum atomic E-state index is 12.1. The molecule has 1 aliphatic carbocycles. The smallest absolute Gasteiger partial charge is 0.348 e. The van der Waals surface area contributed by atoms with Gasteiger partial charge in [-0.3, -0.25) is 4.79 Å². The molecule has 1 atom stereocenters. The number of carbonyl (C=O) groups excluding carboxylic acids is 2. The lowest BCUT2D eigenvalue weighted by molar-refractivity contribution is -0.133. The minimum atomic E-state index is -0.436. The number of esters is 1. The molecule has 0 fully saturated rings. The minimum Gasteiger partial charge on any atom is -0.451 e. The molecule has 0 saturated heterocycles. The zero-order valence-corrected chi connectivity index (χ0v) is 13.7. The highest BCUT2D eigenvalue weighted by Crippen LogP contribution is 2.32. The van der Waals surface area contributed by atoms with Crippen LogP contribution in [0.1, 0.15) is 39.9 Å². The number of aryl methyl sites for hydroxylation is 1. The lowest BCUT2D eigenvalue weighted by Crippen LogP contribution is -2.31. The summed E-state index contributed by atoms with van der Waals surface area (Å²) in [5.41, 5.74) is 1.24. The van der Waals surface area contributed by atoms with E-state index in [4.69, 9.17) is 10.00 Å². The molecule has 6 heteroatoms. The lowest BCUT2D eigenvalue weighted by atomic mass is 9.90. The van der Waals surface area contributed by atoms with Gasteiger partial charge in [-0.1, -0.05) is 6.92 Å². The van der Waals surface area contributed by atoms with Crippen molar-refractivity contribution in [1.82, 2.24) is 4.90 Å². The van der Waals surface area contributed by atoms with Crippen molar-refractivity contribution in [3.8, 4) is 6.07 Å². The number of hydrogen-bond acceptors (Lipinski definition) is 5. The second kappa shape index (κ2) is 7.41. The zero-order chi connectivity index (χ0) is 16.1. The molecule has 1 heterocycles. The number of nitrogens with zero attached hydrogens (tertiary/aromatic N) is 2. The highest BCUT2D eigenvalue weighted by molar-refractivity contribution is 7.14. The molecule has 1 aromatic rings. The van der Waals surface area contributed by atoms with Crippen LogP contribution in [0.2, 0.25) is 0 Å². The quantitative estimate of drug-likeness (QED) is 0.781. The zero-order valence-electron chi connectivity index (χ0n) is 12.9. The predicted molar refractivity (Wildman–Crippen MR) is 83.7 cm³/mol. The third kappa shape index (κ3) is 4.08. The SMILES string of the molecule is C[C@@H]1CCc2sc(C(=O)OCC(=O)N(C)CCC#N)cc2C1. The third-order valence-electron chi connectivity index (χ3n) is 3.84. The molecule has 118 valence electrons. The summed E-state index contributed by atoms with van der Waals surface area (Å²) in [6.07, 6.45) is 3.45. The van der Waals surface area contributed by atoms with Crippen molar-refractivity contribution in [2.75, 3.05) is 20.2 Å². The Morgan fingerprint density at radius 1 is 1.55 bits per heavy atom. The first-order valence-corrected chi connectivity index (χ1v) is 8.22. The van der Waals surface area contributed by atoms with Crippen LogP contribution in [0.25, 0.3) is 0 Å². The molecule has 22 heavy (non-hydrogen) atoms. The Balaban J connectivity index is 1.88. The third-order valence-corrected chi connectivity index (χ3v) is 5.06. The van der Waals surface area contributed by atoms with Crippen molar-refractivity contribution in [2.24, 2.45) is 5.92 Å².